The van der Waals surface area contributed by atoms with Crippen LogP contribution in [0.4, 0.5) is 0 Å². The van der Waals surface area contributed by atoms with Gasteiger partial charge in [0.15, 0.2) is 0 Å². The number of aryl methyl sites for hydroxylation is 1. The lowest BCUT2D eigenvalue weighted by molar-refractivity contribution is 0.153. The minimum absolute atomic E-state index is 0.00292. The third-order valence-corrected chi connectivity index (χ3v) is 3.33. The SMILES string of the molecule is Cc1ccc(CN2CCCC(C)(N)C2)cc1. The largest absolute Gasteiger partial charge is 0.324 e. The van der Waals surface area contributed by atoms with Gasteiger partial charge >= 0.3 is 0 Å². The van der Waals surface area contributed by atoms with Gasteiger partial charge < -0.3 is 5.73 Å². The molecule has 1 fully saturated rings. The molecule has 88 valence electrons. The van der Waals surface area contributed by atoms with Crippen LogP contribution in [0.1, 0.15) is 30.9 Å². The molecular formula is C14H22N2. The number of hydrogen-bond acceptors (Lipinski definition) is 2. The Labute approximate surface area is 98.4 Å². The second-order valence-corrected chi connectivity index (χ2v) is 5.45. The molecule has 0 bridgehead atoms. The Morgan fingerprint density at radius 3 is 2.62 bits per heavy atom. The van der Waals surface area contributed by atoms with Crippen molar-refractivity contribution in [2.75, 3.05) is 13.1 Å². The molecule has 1 aliphatic heterocycles. The Balaban J connectivity index is 1.97. The fourth-order valence-corrected chi connectivity index (χ4v) is 2.46. The molecule has 0 spiro atoms. The van der Waals surface area contributed by atoms with E-state index in [-0.39, 0.29) is 5.54 Å². The Bertz CT molecular complexity index is 340. The summed E-state index contributed by atoms with van der Waals surface area (Å²) in [6.07, 6.45) is 2.37. The van der Waals surface area contributed by atoms with Crippen LogP contribution < -0.4 is 5.73 Å². The van der Waals surface area contributed by atoms with E-state index >= 15 is 0 Å². The van der Waals surface area contributed by atoms with Gasteiger partial charge in [-0.05, 0) is 38.8 Å². The molecule has 2 nitrogen and oxygen atoms in total. The van der Waals surface area contributed by atoms with Gasteiger partial charge in [0.1, 0.15) is 0 Å². The molecule has 0 amide bonds. The van der Waals surface area contributed by atoms with E-state index in [0.29, 0.717) is 0 Å². The highest BCUT2D eigenvalue weighted by Gasteiger charge is 2.26. The van der Waals surface area contributed by atoms with E-state index in [9.17, 15) is 0 Å². The first kappa shape index (κ1) is 11.6. The van der Waals surface area contributed by atoms with Crippen LogP contribution in [0.5, 0.6) is 0 Å². The van der Waals surface area contributed by atoms with Crippen LogP contribution in [0.3, 0.4) is 0 Å². The van der Waals surface area contributed by atoms with E-state index in [1.54, 1.807) is 0 Å². The van der Waals surface area contributed by atoms with Gasteiger partial charge in [0.05, 0.1) is 0 Å². The second kappa shape index (κ2) is 4.56. The first-order chi connectivity index (χ1) is 7.55. The number of rotatable bonds is 2. The molecule has 1 heterocycles. The predicted octanol–water partition coefficient (Wildman–Crippen LogP) is 2.31. The molecule has 0 saturated carbocycles. The van der Waals surface area contributed by atoms with Crippen molar-refractivity contribution in [3.05, 3.63) is 35.4 Å². The van der Waals surface area contributed by atoms with E-state index in [0.717, 1.165) is 19.5 Å². The maximum absolute atomic E-state index is 6.20. The van der Waals surface area contributed by atoms with Crippen LogP contribution in [-0.2, 0) is 6.54 Å². The normalized spacial score (nSPS) is 26.9. The van der Waals surface area contributed by atoms with Gasteiger partial charge in [0.25, 0.3) is 0 Å². The van der Waals surface area contributed by atoms with Crippen molar-refractivity contribution in [3.8, 4) is 0 Å². The third kappa shape index (κ3) is 3.06. The topological polar surface area (TPSA) is 29.3 Å². The lowest BCUT2D eigenvalue weighted by atomic mass is 9.92. The summed E-state index contributed by atoms with van der Waals surface area (Å²) in [5.41, 5.74) is 8.92. The van der Waals surface area contributed by atoms with Crippen molar-refractivity contribution in [3.63, 3.8) is 0 Å². The van der Waals surface area contributed by atoms with E-state index in [2.05, 4.69) is 43.0 Å². The summed E-state index contributed by atoms with van der Waals surface area (Å²) >= 11 is 0. The first-order valence-corrected chi connectivity index (χ1v) is 6.12. The number of likely N-dealkylation sites (tertiary alicyclic amines) is 1. The number of hydrogen-bond donors (Lipinski definition) is 1. The van der Waals surface area contributed by atoms with Gasteiger partial charge in [-0.25, -0.2) is 0 Å². The number of benzene rings is 1. The Hall–Kier alpha value is -0.860. The molecule has 0 aliphatic carbocycles. The average Bonchev–Trinajstić information content (AvgIpc) is 2.20. The number of piperidine rings is 1. The predicted molar refractivity (Wildman–Crippen MR) is 68.3 cm³/mol. The quantitative estimate of drug-likeness (QED) is 0.825. The van der Waals surface area contributed by atoms with Crippen molar-refractivity contribution in [1.82, 2.24) is 4.90 Å². The highest BCUT2D eigenvalue weighted by Crippen LogP contribution is 2.19. The zero-order chi connectivity index (χ0) is 11.6. The van der Waals surface area contributed by atoms with Crippen LogP contribution in [0.15, 0.2) is 24.3 Å². The Morgan fingerprint density at radius 1 is 1.31 bits per heavy atom. The molecule has 1 aromatic carbocycles. The molecule has 0 radical (unpaired) electrons. The summed E-state index contributed by atoms with van der Waals surface area (Å²) in [4.78, 5) is 2.47. The molecular weight excluding hydrogens is 196 g/mol. The van der Waals surface area contributed by atoms with Crippen LogP contribution >= 0.6 is 0 Å². The molecule has 16 heavy (non-hydrogen) atoms. The van der Waals surface area contributed by atoms with Crippen molar-refractivity contribution < 1.29 is 0 Å². The smallest absolute Gasteiger partial charge is 0.0255 e. The van der Waals surface area contributed by atoms with Crippen molar-refractivity contribution in [2.24, 2.45) is 5.73 Å². The van der Waals surface area contributed by atoms with Gasteiger partial charge in [0.2, 0.25) is 0 Å². The average molecular weight is 218 g/mol. The molecule has 1 saturated heterocycles. The Kier molecular flexibility index (Phi) is 3.31. The van der Waals surface area contributed by atoms with Crippen molar-refractivity contribution >= 4 is 0 Å². The van der Waals surface area contributed by atoms with E-state index < -0.39 is 0 Å². The zero-order valence-electron chi connectivity index (χ0n) is 10.4. The lowest BCUT2D eigenvalue weighted by Gasteiger charge is -2.37. The molecule has 1 aromatic rings. The van der Waals surface area contributed by atoms with E-state index in [4.69, 9.17) is 5.73 Å². The van der Waals surface area contributed by atoms with Gasteiger partial charge in [-0.1, -0.05) is 29.8 Å². The first-order valence-electron chi connectivity index (χ1n) is 6.12. The van der Waals surface area contributed by atoms with Gasteiger partial charge in [0, 0.05) is 18.6 Å². The van der Waals surface area contributed by atoms with Gasteiger partial charge in [-0.3, -0.25) is 4.90 Å². The summed E-state index contributed by atoms with van der Waals surface area (Å²) in [5.74, 6) is 0. The fraction of sp³-hybridized carbons (Fsp3) is 0.571. The number of nitrogens with two attached hydrogens (primary N) is 1. The molecule has 1 aliphatic rings. The Morgan fingerprint density at radius 2 is 2.00 bits per heavy atom. The van der Waals surface area contributed by atoms with Crippen LogP contribution in [0.25, 0.3) is 0 Å². The van der Waals surface area contributed by atoms with Crippen LogP contribution in [0.2, 0.25) is 0 Å². The maximum Gasteiger partial charge on any atom is 0.0255 e. The van der Waals surface area contributed by atoms with Gasteiger partial charge in [-0.2, -0.15) is 0 Å². The lowest BCUT2D eigenvalue weighted by Crippen LogP contribution is -2.51. The summed E-state index contributed by atoms with van der Waals surface area (Å²) < 4.78 is 0. The maximum atomic E-state index is 6.20. The minimum Gasteiger partial charge on any atom is -0.324 e. The molecule has 2 N–H and O–H groups in total. The summed E-state index contributed by atoms with van der Waals surface area (Å²) in [5, 5.41) is 0. The molecule has 1 unspecified atom stereocenters. The monoisotopic (exact) mass is 218 g/mol. The molecule has 1 atom stereocenters. The summed E-state index contributed by atoms with van der Waals surface area (Å²) in [7, 11) is 0. The standard InChI is InChI=1S/C14H22N2/c1-12-4-6-13(7-5-12)10-16-9-3-8-14(2,15)11-16/h4-7H,3,8-11,15H2,1-2H3. The molecule has 2 rings (SSSR count). The summed E-state index contributed by atoms with van der Waals surface area (Å²) in [6, 6.07) is 8.80. The second-order valence-electron chi connectivity index (χ2n) is 5.45. The number of nitrogens with zero attached hydrogens (tertiary/aromatic N) is 1. The van der Waals surface area contributed by atoms with Crippen molar-refractivity contribution in [2.45, 2.75) is 38.8 Å². The minimum atomic E-state index is 0.00292. The highest BCUT2D eigenvalue weighted by molar-refractivity contribution is 5.21. The third-order valence-electron chi connectivity index (χ3n) is 3.33. The van der Waals surface area contributed by atoms with Crippen LogP contribution in [-0.4, -0.2) is 23.5 Å². The molecule has 0 aromatic heterocycles. The highest BCUT2D eigenvalue weighted by atomic mass is 15.2. The molecule has 2 heteroatoms. The van der Waals surface area contributed by atoms with E-state index in [1.165, 1.54) is 24.1 Å². The van der Waals surface area contributed by atoms with Crippen LogP contribution in [0, 0.1) is 6.92 Å². The van der Waals surface area contributed by atoms with Gasteiger partial charge in [-0.15, -0.1) is 0 Å². The van der Waals surface area contributed by atoms with Crippen molar-refractivity contribution in [1.29, 1.82) is 0 Å². The van der Waals surface area contributed by atoms with E-state index in [1.807, 2.05) is 0 Å². The fourth-order valence-electron chi connectivity index (χ4n) is 2.46. The zero-order valence-corrected chi connectivity index (χ0v) is 10.4. The summed E-state index contributed by atoms with van der Waals surface area (Å²) in [6.45, 7) is 7.52.